The Morgan fingerprint density at radius 3 is 2.11 bits per heavy atom. The average molecular weight is 388 g/mol. The third-order valence-electron chi connectivity index (χ3n) is 4.63. The summed E-state index contributed by atoms with van der Waals surface area (Å²) in [5.41, 5.74) is 3.79. The van der Waals surface area contributed by atoms with Gasteiger partial charge in [0, 0.05) is 23.9 Å². The molecule has 2 amide bonds. The van der Waals surface area contributed by atoms with Crippen molar-refractivity contribution in [2.24, 2.45) is 5.10 Å². The van der Waals surface area contributed by atoms with Crippen LogP contribution in [0.4, 0.5) is 5.69 Å². The molecule has 156 valence electrons. The zero-order chi connectivity index (χ0) is 20.5. The van der Waals surface area contributed by atoms with E-state index in [1.54, 1.807) is 30.5 Å². The van der Waals surface area contributed by atoms with Crippen molar-refractivity contribution in [2.75, 3.05) is 5.32 Å². The summed E-state index contributed by atoms with van der Waals surface area (Å²) in [6.45, 7) is 4.38. The van der Waals surface area contributed by atoms with Gasteiger partial charge in [-0.1, -0.05) is 65.2 Å². The molecule has 0 saturated carbocycles. The highest BCUT2D eigenvalue weighted by molar-refractivity contribution is 5.95. The molecule has 0 bridgehead atoms. The molecule has 2 N–H and O–H groups in total. The predicted octanol–water partition coefficient (Wildman–Crippen LogP) is 6.06. The first-order valence-electron chi connectivity index (χ1n) is 10.9. The molecule has 0 fully saturated rings. The Morgan fingerprint density at radius 2 is 1.46 bits per heavy atom. The van der Waals surface area contributed by atoms with Crippen LogP contribution in [0, 0.1) is 0 Å². The van der Waals surface area contributed by atoms with E-state index >= 15 is 0 Å². The summed E-state index contributed by atoms with van der Waals surface area (Å²) in [5.74, 6) is -0.215. The smallest absolute Gasteiger partial charge is 0.271 e. The molecular formula is C23H37N3O2. The molecule has 0 saturated heterocycles. The zero-order valence-electron chi connectivity index (χ0n) is 17.6. The number of nitrogens with one attached hydrogen (secondary N) is 2. The number of nitrogens with zero attached hydrogens (tertiary/aromatic N) is 1. The van der Waals surface area contributed by atoms with E-state index in [2.05, 4.69) is 29.7 Å². The lowest BCUT2D eigenvalue weighted by Gasteiger charge is -2.06. The Labute approximate surface area is 170 Å². The van der Waals surface area contributed by atoms with Crippen molar-refractivity contribution in [3.05, 3.63) is 29.8 Å². The van der Waals surface area contributed by atoms with Crippen molar-refractivity contribution in [3.63, 3.8) is 0 Å². The molecule has 0 atom stereocenters. The van der Waals surface area contributed by atoms with Gasteiger partial charge in [0.05, 0.1) is 0 Å². The number of hydrazone groups is 1. The van der Waals surface area contributed by atoms with Crippen LogP contribution in [-0.2, 0) is 4.79 Å². The van der Waals surface area contributed by atoms with Crippen LogP contribution in [0.25, 0.3) is 0 Å². The highest BCUT2D eigenvalue weighted by atomic mass is 16.2. The molecule has 1 aromatic rings. The van der Waals surface area contributed by atoms with Crippen molar-refractivity contribution in [1.29, 1.82) is 0 Å². The van der Waals surface area contributed by atoms with Crippen LogP contribution in [0.1, 0.15) is 101 Å². The SMILES string of the molecule is CCCCCCC/C=N/NC(=O)c1ccc(NC(=O)CCCCCCC)cc1. The van der Waals surface area contributed by atoms with Gasteiger partial charge in [0.2, 0.25) is 5.91 Å². The van der Waals surface area contributed by atoms with E-state index in [1.807, 2.05) is 0 Å². The minimum atomic E-state index is -0.240. The van der Waals surface area contributed by atoms with Crippen LogP contribution in [0.2, 0.25) is 0 Å². The van der Waals surface area contributed by atoms with Crippen LogP contribution in [0.5, 0.6) is 0 Å². The van der Waals surface area contributed by atoms with Gasteiger partial charge in [0.1, 0.15) is 0 Å². The summed E-state index contributed by atoms with van der Waals surface area (Å²) in [4.78, 5) is 24.0. The summed E-state index contributed by atoms with van der Waals surface area (Å²) >= 11 is 0. The number of rotatable bonds is 15. The van der Waals surface area contributed by atoms with Gasteiger partial charge in [-0.05, 0) is 43.5 Å². The summed E-state index contributed by atoms with van der Waals surface area (Å²) in [6, 6.07) is 6.90. The number of hydrogen-bond acceptors (Lipinski definition) is 3. The fourth-order valence-corrected chi connectivity index (χ4v) is 2.89. The maximum absolute atomic E-state index is 12.1. The number of amides is 2. The minimum Gasteiger partial charge on any atom is -0.326 e. The van der Waals surface area contributed by atoms with Crippen molar-refractivity contribution < 1.29 is 9.59 Å². The van der Waals surface area contributed by atoms with Crippen molar-refractivity contribution >= 4 is 23.7 Å². The third kappa shape index (κ3) is 11.5. The Hall–Kier alpha value is -2.17. The van der Waals surface area contributed by atoms with E-state index < -0.39 is 0 Å². The van der Waals surface area contributed by atoms with Crippen LogP contribution in [0.15, 0.2) is 29.4 Å². The first-order chi connectivity index (χ1) is 13.7. The number of benzene rings is 1. The van der Waals surface area contributed by atoms with Gasteiger partial charge in [-0.3, -0.25) is 9.59 Å². The topological polar surface area (TPSA) is 70.6 Å². The molecule has 0 aromatic heterocycles. The lowest BCUT2D eigenvalue weighted by molar-refractivity contribution is -0.116. The Balaban J connectivity index is 2.25. The Kier molecular flexibility index (Phi) is 13.5. The normalized spacial score (nSPS) is 10.9. The highest BCUT2D eigenvalue weighted by Crippen LogP contribution is 2.11. The lowest BCUT2D eigenvalue weighted by Crippen LogP contribution is -2.17. The van der Waals surface area contributed by atoms with E-state index in [0.717, 1.165) is 25.7 Å². The summed E-state index contributed by atoms with van der Waals surface area (Å²) in [5, 5.41) is 6.88. The fourth-order valence-electron chi connectivity index (χ4n) is 2.89. The Morgan fingerprint density at radius 1 is 0.857 bits per heavy atom. The molecule has 0 spiro atoms. The molecular weight excluding hydrogens is 350 g/mol. The largest absolute Gasteiger partial charge is 0.326 e. The maximum Gasteiger partial charge on any atom is 0.271 e. The molecule has 5 nitrogen and oxygen atoms in total. The van der Waals surface area contributed by atoms with Gasteiger partial charge in [-0.2, -0.15) is 5.10 Å². The first-order valence-corrected chi connectivity index (χ1v) is 10.9. The molecule has 1 rings (SSSR count). The molecule has 0 radical (unpaired) electrons. The van der Waals surface area contributed by atoms with Crippen LogP contribution in [0.3, 0.4) is 0 Å². The number of anilines is 1. The molecule has 0 aliphatic carbocycles. The minimum absolute atomic E-state index is 0.0252. The van der Waals surface area contributed by atoms with E-state index in [-0.39, 0.29) is 11.8 Å². The van der Waals surface area contributed by atoms with Gasteiger partial charge in [-0.15, -0.1) is 0 Å². The van der Waals surface area contributed by atoms with Gasteiger partial charge in [-0.25, -0.2) is 5.43 Å². The van der Waals surface area contributed by atoms with Gasteiger partial charge < -0.3 is 5.32 Å². The maximum atomic E-state index is 12.1. The number of hydrogen-bond donors (Lipinski definition) is 2. The van der Waals surface area contributed by atoms with Crippen molar-refractivity contribution in [2.45, 2.75) is 90.9 Å². The highest BCUT2D eigenvalue weighted by Gasteiger charge is 2.06. The monoisotopic (exact) mass is 387 g/mol. The van der Waals surface area contributed by atoms with Gasteiger partial charge >= 0.3 is 0 Å². The standard InChI is InChI=1S/C23H37N3O2/c1-3-5-7-9-11-13-19-24-26-23(28)20-15-17-21(18-16-20)25-22(27)14-12-10-8-6-4-2/h15-19H,3-14H2,1-2H3,(H,25,27)(H,26,28)/b24-19+. The fraction of sp³-hybridized carbons (Fsp3) is 0.609. The van der Waals surface area contributed by atoms with Crippen molar-refractivity contribution in [1.82, 2.24) is 5.43 Å². The molecule has 0 aliphatic heterocycles. The van der Waals surface area contributed by atoms with Gasteiger partial charge in [0.15, 0.2) is 0 Å². The molecule has 0 heterocycles. The molecule has 1 aromatic carbocycles. The number of carbonyl (C=O) groups excluding carboxylic acids is 2. The Bertz CT molecular complexity index is 582. The second-order valence-corrected chi connectivity index (χ2v) is 7.25. The molecule has 28 heavy (non-hydrogen) atoms. The van der Waals surface area contributed by atoms with Crippen molar-refractivity contribution in [3.8, 4) is 0 Å². The quantitative estimate of drug-likeness (QED) is 0.218. The van der Waals surface area contributed by atoms with E-state index in [0.29, 0.717) is 17.7 Å². The summed E-state index contributed by atoms with van der Waals surface area (Å²) in [7, 11) is 0. The van der Waals surface area contributed by atoms with Crippen LogP contribution in [-0.4, -0.2) is 18.0 Å². The number of carbonyl (C=O) groups is 2. The third-order valence-corrected chi connectivity index (χ3v) is 4.63. The summed E-state index contributed by atoms with van der Waals surface area (Å²) < 4.78 is 0. The van der Waals surface area contributed by atoms with E-state index in [4.69, 9.17) is 0 Å². The predicted molar refractivity (Wildman–Crippen MR) is 118 cm³/mol. The second kappa shape index (κ2) is 15.8. The summed E-state index contributed by atoms with van der Waals surface area (Å²) in [6.07, 6.45) is 14.9. The first kappa shape index (κ1) is 23.9. The van der Waals surface area contributed by atoms with Crippen LogP contribution < -0.4 is 10.7 Å². The van der Waals surface area contributed by atoms with Crippen LogP contribution >= 0.6 is 0 Å². The molecule has 0 unspecified atom stereocenters. The van der Waals surface area contributed by atoms with E-state index in [9.17, 15) is 9.59 Å². The lowest BCUT2D eigenvalue weighted by atomic mass is 10.1. The average Bonchev–Trinajstić information content (AvgIpc) is 2.70. The number of unbranched alkanes of at least 4 members (excludes halogenated alkanes) is 9. The zero-order valence-corrected chi connectivity index (χ0v) is 17.6. The second-order valence-electron chi connectivity index (χ2n) is 7.25. The van der Waals surface area contributed by atoms with E-state index in [1.165, 1.54) is 44.9 Å². The molecule has 5 heteroatoms. The molecule has 0 aliphatic rings. The van der Waals surface area contributed by atoms with Gasteiger partial charge in [0.25, 0.3) is 5.91 Å².